The van der Waals surface area contributed by atoms with Gasteiger partial charge in [-0.25, -0.2) is 8.42 Å². The van der Waals surface area contributed by atoms with Crippen LogP contribution in [0.1, 0.15) is 5.56 Å². The Morgan fingerprint density at radius 3 is 1.95 bits per heavy atom. The molecule has 5 nitrogen and oxygen atoms in total. The second-order valence-electron chi connectivity index (χ2n) is 4.32. The maximum atomic E-state index is 12.4. The van der Waals surface area contributed by atoms with E-state index in [9.17, 15) is 8.42 Å². The van der Waals surface area contributed by atoms with Crippen LogP contribution in [0.15, 0.2) is 64.4 Å². The molecule has 0 aliphatic carbocycles. The highest BCUT2D eigenvalue weighted by atomic mass is 32.2. The molecule has 0 radical (unpaired) electrons. The predicted octanol–water partition coefficient (Wildman–Crippen LogP) is 3.56. The molecule has 2 rings (SSSR count). The van der Waals surface area contributed by atoms with Crippen molar-refractivity contribution in [3.63, 3.8) is 0 Å². The quantitative estimate of drug-likeness (QED) is 0.721. The van der Waals surface area contributed by atoms with Crippen molar-refractivity contribution in [1.29, 1.82) is 0 Å². The molecular weight excluding hydrogens is 323 g/mol. The summed E-state index contributed by atoms with van der Waals surface area (Å²) in [6.07, 6.45) is 0. The second-order valence-corrected chi connectivity index (χ2v) is 7.71. The van der Waals surface area contributed by atoms with Crippen LogP contribution in [0.2, 0.25) is 0 Å². The predicted molar refractivity (Wildman–Crippen MR) is 84.1 cm³/mol. The largest absolute Gasteiger partial charge is 0.332 e. The van der Waals surface area contributed by atoms with E-state index in [1.807, 2.05) is 0 Å². The molecule has 118 valence electrons. The monoisotopic (exact) mass is 340 g/mol. The fraction of sp³-hybridized carbons (Fsp3) is 0.200. The first-order valence-electron chi connectivity index (χ1n) is 6.48. The standard InChI is InChI=1S/C15H17O5PS/c1-18-21(19-2)20-12-13-8-10-15(11-9-13)22(16,17)14-6-4-3-5-7-14/h3-11H,12H2,1-2H3. The molecule has 0 unspecified atom stereocenters. The Bertz CT molecular complexity index is 682. The van der Waals surface area contributed by atoms with Crippen LogP contribution < -0.4 is 0 Å². The topological polar surface area (TPSA) is 61.8 Å². The van der Waals surface area contributed by atoms with E-state index in [1.54, 1.807) is 54.6 Å². The van der Waals surface area contributed by atoms with Crippen LogP contribution in [-0.2, 0) is 30.0 Å². The Morgan fingerprint density at radius 1 is 0.864 bits per heavy atom. The van der Waals surface area contributed by atoms with Gasteiger partial charge in [0.05, 0.1) is 16.4 Å². The summed E-state index contributed by atoms with van der Waals surface area (Å²) in [4.78, 5) is 0.532. The zero-order valence-electron chi connectivity index (χ0n) is 12.3. The van der Waals surface area contributed by atoms with Crippen LogP contribution in [0.3, 0.4) is 0 Å². The molecule has 0 amide bonds. The number of rotatable bonds is 7. The third-order valence-corrected chi connectivity index (χ3v) is 5.64. The molecule has 0 spiro atoms. The molecule has 2 aromatic carbocycles. The van der Waals surface area contributed by atoms with Gasteiger partial charge < -0.3 is 13.6 Å². The summed E-state index contributed by atoms with van der Waals surface area (Å²) in [6.45, 7) is 0.291. The minimum Gasteiger partial charge on any atom is -0.316 e. The highest BCUT2D eigenvalue weighted by molar-refractivity contribution is 7.91. The summed E-state index contributed by atoms with van der Waals surface area (Å²) in [5.74, 6) is 0. The highest BCUT2D eigenvalue weighted by Gasteiger charge is 2.17. The summed E-state index contributed by atoms with van der Waals surface area (Å²) < 4.78 is 40.2. The van der Waals surface area contributed by atoms with E-state index in [4.69, 9.17) is 13.6 Å². The van der Waals surface area contributed by atoms with Gasteiger partial charge in [0.15, 0.2) is 0 Å². The molecule has 0 saturated carbocycles. The van der Waals surface area contributed by atoms with E-state index in [2.05, 4.69) is 0 Å². The lowest BCUT2D eigenvalue weighted by Gasteiger charge is -2.11. The van der Waals surface area contributed by atoms with Crippen molar-refractivity contribution in [3.05, 3.63) is 60.2 Å². The Balaban J connectivity index is 2.12. The van der Waals surface area contributed by atoms with Gasteiger partial charge in [-0.1, -0.05) is 30.3 Å². The third kappa shape index (κ3) is 4.12. The maximum Gasteiger partial charge on any atom is 0.332 e. The van der Waals surface area contributed by atoms with E-state index in [0.717, 1.165) is 5.56 Å². The Morgan fingerprint density at radius 2 is 1.41 bits per heavy atom. The number of sulfone groups is 1. The van der Waals surface area contributed by atoms with Crippen molar-refractivity contribution in [2.45, 2.75) is 16.4 Å². The van der Waals surface area contributed by atoms with Crippen LogP contribution in [0, 0.1) is 0 Å². The fourth-order valence-electron chi connectivity index (χ4n) is 1.81. The molecule has 7 heteroatoms. The minimum atomic E-state index is -3.48. The maximum absolute atomic E-state index is 12.4. The van der Waals surface area contributed by atoms with E-state index in [-0.39, 0.29) is 9.79 Å². The Hall–Kier alpha value is -1.30. The SMILES string of the molecule is COP(OC)OCc1ccc(S(=O)(=O)c2ccccc2)cc1. The number of hydrogen-bond donors (Lipinski definition) is 0. The van der Waals surface area contributed by atoms with Crippen molar-refractivity contribution in [1.82, 2.24) is 0 Å². The van der Waals surface area contributed by atoms with Gasteiger partial charge in [-0.05, 0) is 29.8 Å². The number of benzene rings is 2. The van der Waals surface area contributed by atoms with Crippen molar-refractivity contribution in [3.8, 4) is 0 Å². The fourth-order valence-corrected chi connectivity index (χ4v) is 3.70. The van der Waals surface area contributed by atoms with Crippen molar-refractivity contribution in [2.24, 2.45) is 0 Å². The van der Waals surface area contributed by atoms with Crippen LogP contribution >= 0.6 is 8.60 Å². The first-order valence-corrected chi connectivity index (χ1v) is 9.06. The van der Waals surface area contributed by atoms with Crippen molar-refractivity contribution < 1.29 is 22.0 Å². The van der Waals surface area contributed by atoms with Gasteiger partial charge in [0, 0.05) is 14.2 Å². The minimum absolute atomic E-state index is 0.253. The zero-order valence-corrected chi connectivity index (χ0v) is 14.0. The van der Waals surface area contributed by atoms with Gasteiger partial charge in [-0.2, -0.15) is 0 Å². The summed E-state index contributed by atoms with van der Waals surface area (Å²) in [6, 6.07) is 14.9. The Labute approximate surface area is 131 Å². The molecule has 0 saturated heterocycles. The summed E-state index contributed by atoms with van der Waals surface area (Å²) in [5.41, 5.74) is 0.841. The summed E-state index contributed by atoms with van der Waals surface area (Å²) in [7, 11) is -1.84. The summed E-state index contributed by atoms with van der Waals surface area (Å²) in [5, 5.41) is 0. The molecule has 0 N–H and O–H groups in total. The average Bonchev–Trinajstić information content (AvgIpc) is 2.57. The lowest BCUT2D eigenvalue weighted by Crippen LogP contribution is -2.02. The van der Waals surface area contributed by atoms with Gasteiger partial charge in [0.2, 0.25) is 9.84 Å². The van der Waals surface area contributed by atoms with Crippen LogP contribution in [0.25, 0.3) is 0 Å². The first kappa shape index (κ1) is 17.1. The summed E-state index contributed by atoms with van der Waals surface area (Å²) >= 11 is 0. The van der Waals surface area contributed by atoms with Gasteiger partial charge >= 0.3 is 8.60 Å². The van der Waals surface area contributed by atoms with E-state index >= 15 is 0 Å². The molecule has 0 aliphatic rings. The molecule has 22 heavy (non-hydrogen) atoms. The van der Waals surface area contributed by atoms with Gasteiger partial charge in [-0.3, -0.25) is 0 Å². The lowest BCUT2D eigenvalue weighted by atomic mass is 10.2. The lowest BCUT2D eigenvalue weighted by molar-refractivity contribution is 0.199. The second kappa shape index (κ2) is 7.81. The molecule has 0 bridgehead atoms. The van der Waals surface area contributed by atoms with Crippen LogP contribution in [0.4, 0.5) is 0 Å². The van der Waals surface area contributed by atoms with Gasteiger partial charge in [0.25, 0.3) is 0 Å². The zero-order chi connectivity index (χ0) is 16.0. The molecule has 0 aromatic heterocycles. The van der Waals surface area contributed by atoms with E-state index in [1.165, 1.54) is 14.2 Å². The first-order chi connectivity index (χ1) is 10.6. The van der Waals surface area contributed by atoms with Crippen molar-refractivity contribution >= 4 is 18.4 Å². The normalized spacial score (nSPS) is 11.8. The van der Waals surface area contributed by atoms with Crippen LogP contribution in [-0.4, -0.2) is 22.6 Å². The molecule has 0 atom stereocenters. The highest BCUT2D eigenvalue weighted by Crippen LogP contribution is 2.38. The van der Waals surface area contributed by atoms with E-state index < -0.39 is 18.4 Å². The van der Waals surface area contributed by atoms with Gasteiger partial charge in [-0.15, -0.1) is 0 Å². The number of hydrogen-bond acceptors (Lipinski definition) is 5. The molecular formula is C15H17O5PS. The molecule has 0 fully saturated rings. The third-order valence-electron chi connectivity index (χ3n) is 2.92. The molecule has 0 aliphatic heterocycles. The molecule has 2 aromatic rings. The Kier molecular flexibility index (Phi) is 6.06. The van der Waals surface area contributed by atoms with E-state index in [0.29, 0.717) is 6.61 Å². The molecule has 0 heterocycles. The van der Waals surface area contributed by atoms with Gasteiger partial charge in [0.1, 0.15) is 0 Å². The average molecular weight is 340 g/mol. The smallest absolute Gasteiger partial charge is 0.316 e. The van der Waals surface area contributed by atoms with Crippen LogP contribution in [0.5, 0.6) is 0 Å². The van der Waals surface area contributed by atoms with Crippen molar-refractivity contribution in [2.75, 3.05) is 14.2 Å².